The van der Waals surface area contributed by atoms with Crippen molar-refractivity contribution >= 4 is 11.3 Å². The molecule has 0 N–H and O–H groups in total. The van der Waals surface area contributed by atoms with Crippen molar-refractivity contribution in [2.45, 2.75) is 26.8 Å². The van der Waals surface area contributed by atoms with E-state index in [0.717, 1.165) is 0 Å². The van der Waals surface area contributed by atoms with Crippen LogP contribution >= 0.6 is 0 Å². The Hall–Kier alpha value is 0.0700. The van der Waals surface area contributed by atoms with Crippen LogP contribution in [0.4, 0.5) is 0 Å². The molecular formula is C5H12NO2S-. The number of nitrogens with zero attached hydrogens (tertiary/aromatic N) is 1. The predicted molar refractivity (Wildman–Crippen MR) is 36.4 cm³/mol. The molecule has 4 heteroatoms. The summed E-state index contributed by atoms with van der Waals surface area (Å²) in [6, 6.07) is 0.0772. The summed E-state index contributed by atoms with van der Waals surface area (Å²) in [6.45, 7) is 6.06. The lowest BCUT2D eigenvalue weighted by Crippen LogP contribution is -2.32. The summed E-state index contributed by atoms with van der Waals surface area (Å²) >= 11 is -2.05. The average molecular weight is 150 g/mol. The maximum Gasteiger partial charge on any atom is 0.0211 e. The van der Waals surface area contributed by atoms with Gasteiger partial charge in [0.2, 0.25) is 0 Å². The Balaban J connectivity index is 3.83. The van der Waals surface area contributed by atoms with Crippen molar-refractivity contribution in [2.24, 2.45) is 0 Å². The van der Waals surface area contributed by atoms with Gasteiger partial charge in [0.25, 0.3) is 0 Å². The molecule has 0 aromatic rings. The summed E-state index contributed by atoms with van der Waals surface area (Å²) in [5, 5.41) is 0. The Morgan fingerprint density at radius 2 is 2.11 bits per heavy atom. The van der Waals surface area contributed by atoms with Gasteiger partial charge in [-0.05, 0) is 13.8 Å². The van der Waals surface area contributed by atoms with Gasteiger partial charge in [-0.15, -0.1) is 0 Å². The largest absolute Gasteiger partial charge is 0.760 e. The highest BCUT2D eigenvalue weighted by atomic mass is 32.2. The normalized spacial score (nSPS) is 14.9. The Bertz CT molecular complexity index is 105. The summed E-state index contributed by atoms with van der Waals surface area (Å²) in [4.78, 5) is 0. The smallest absolute Gasteiger partial charge is 0.0211 e. The van der Waals surface area contributed by atoms with Gasteiger partial charge in [0.1, 0.15) is 0 Å². The second-order valence-corrected chi connectivity index (χ2v) is 2.95. The van der Waals surface area contributed by atoms with Crippen LogP contribution < -0.4 is 0 Å². The molecule has 0 aliphatic carbocycles. The lowest BCUT2D eigenvalue weighted by Gasteiger charge is -2.25. The van der Waals surface area contributed by atoms with Crippen molar-refractivity contribution in [3.63, 3.8) is 0 Å². The Kier molecular flexibility index (Phi) is 4.01. The Morgan fingerprint density at radius 3 is 2.11 bits per heavy atom. The molecule has 3 nitrogen and oxygen atoms in total. The molecule has 0 saturated heterocycles. The molecule has 0 fully saturated rings. The van der Waals surface area contributed by atoms with Crippen molar-refractivity contribution in [1.82, 2.24) is 4.31 Å². The Morgan fingerprint density at radius 1 is 1.67 bits per heavy atom. The van der Waals surface area contributed by atoms with Crippen molar-refractivity contribution in [3.05, 3.63) is 0 Å². The predicted octanol–water partition coefficient (Wildman–Crippen LogP) is 0.511. The lowest BCUT2D eigenvalue weighted by molar-refractivity contribution is 0.351. The standard InChI is InChI=1S/C5H13NO2S/c1-4-6(5(2)3)9(7)8/h5H,4H2,1-3H3,(H,7,8)/p-1. The second-order valence-electron chi connectivity index (χ2n) is 2.04. The first kappa shape index (κ1) is 9.07. The third-order valence-corrected chi connectivity index (χ3v) is 2.14. The number of hydrogen-bond donors (Lipinski definition) is 0. The molecular weight excluding hydrogens is 138 g/mol. The number of rotatable bonds is 3. The monoisotopic (exact) mass is 150 g/mol. The van der Waals surface area contributed by atoms with Crippen LogP contribution in [-0.4, -0.2) is 25.7 Å². The quantitative estimate of drug-likeness (QED) is 0.550. The maximum atomic E-state index is 10.3. The van der Waals surface area contributed by atoms with Crippen LogP contribution in [0.5, 0.6) is 0 Å². The zero-order chi connectivity index (χ0) is 7.44. The molecule has 0 heterocycles. The van der Waals surface area contributed by atoms with Gasteiger partial charge in [-0.3, -0.25) is 4.21 Å². The highest BCUT2D eigenvalue weighted by molar-refractivity contribution is 7.76. The second kappa shape index (κ2) is 3.98. The molecule has 0 rings (SSSR count). The minimum atomic E-state index is -2.05. The molecule has 0 aromatic heterocycles. The van der Waals surface area contributed by atoms with Crippen molar-refractivity contribution in [3.8, 4) is 0 Å². The molecule has 0 aliphatic heterocycles. The van der Waals surface area contributed by atoms with Gasteiger partial charge < -0.3 is 4.55 Å². The summed E-state index contributed by atoms with van der Waals surface area (Å²) in [6.07, 6.45) is 0. The molecule has 1 unspecified atom stereocenters. The van der Waals surface area contributed by atoms with E-state index in [4.69, 9.17) is 0 Å². The molecule has 0 aromatic carbocycles. The van der Waals surface area contributed by atoms with E-state index in [2.05, 4.69) is 0 Å². The van der Waals surface area contributed by atoms with Crippen LogP contribution in [-0.2, 0) is 11.3 Å². The number of hydrogen-bond acceptors (Lipinski definition) is 2. The zero-order valence-electron chi connectivity index (χ0n) is 5.96. The molecule has 0 saturated carbocycles. The van der Waals surface area contributed by atoms with Gasteiger partial charge in [-0.2, -0.15) is 0 Å². The molecule has 0 spiro atoms. The summed E-state index contributed by atoms with van der Waals surface area (Å²) in [7, 11) is 0. The third-order valence-electron chi connectivity index (χ3n) is 1.08. The third kappa shape index (κ3) is 2.93. The maximum absolute atomic E-state index is 10.3. The van der Waals surface area contributed by atoms with Gasteiger partial charge in [0.15, 0.2) is 0 Å². The fourth-order valence-electron chi connectivity index (χ4n) is 0.643. The minimum absolute atomic E-state index is 0.0772. The van der Waals surface area contributed by atoms with Gasteiger partial charge in [0, 0.05) is 23.9 Å². The summed E-state index contributed by atoms with van der Waals surface area (Å²) < 4.78 is 22.0. The first-order chi connectivity index (χ1) is 4.09. The summed E-state index contributed by atoms with van der Waals surface area (Å²) in [5.41, 5.74) is 0. The molecule has 0 bridgehead atoms. The SMILES string of the molecule is CCN(C(C)C)S(=O)[O-]. The lowest BCUT2D eigenvalue weighted by atomic mass is 10.4. The van der Waals surface area contributed by atoms with E-state index >= 15 is 0 Å². The van der Waals surface area contributed by atoms with Crippen LogP contribution in [0.3, 0.4) is 0 Å². The van der Waals surface area contributed by atoms with E-state index in [1.807, 2.05) is 20.8 Å². The van der Waals surface area contributed by atoms with E-state index in [-0.39, 0.29) is 6.04 Å². The molecule has 0 radical (unpaired) electrons. The molecule has 56 valence electrons. The summed E-state index contributed by atoms with van der Waals surface area (Å²) in [5.74, 6) is 0. The van der Waals surface area contributed by atoms with E-state index in [9.17, 15) is 8.76 Å². The highest BCUT2D eigenvalue weighted by Gasteiger charge is 2.04. The van der Waals surface area contributed by atoms with Gasteiger partial charge >= 0.3 is 0 Å². The highest BCUT2D eigenvalue weighted by Crippen LogP contribution is 1.98. The molecule has 0 aliphatic rings. The van der Waals surface area contributed by atoms with Gasteiger partial charge in [-0.1, -0.05) is 6.92 Å². The minimum Gasteiger partial charge on any atom is -0.760 e. The fourth-order valence-corrected chi connectivity index (χ4v) is 1.20. The van der Waals surface area contributed by atoms with E-state index in [0.29, 0.717) is 6.54 Å². The van der Waals surface area contributed by atoms with Crippen LogP contribution in [0.1, 0.15) is 20.8 Å². The van der Waals surface area contributed by atoms with Gasteiger partial charge in [-0.25, -0.2) is 4.31 Å². The van der Waals surface area contributed by atoms with Crippen molar-refractivity contribution in [2.75, 3.05) is 6.54 Å². The van der Waals surface area contributed by atoms with E-state index < -0.39 is 11.3 Å². The van der Waals surface area contributed by atoms with Crippen molar-refractivity contribution < 1.29 is 8.76 Å². The van der Waals surface area contributed by atoms with Crippen LogP contribution in [0.15, 0.2) is 0 Å². The van der Waals surface area contributed by atoms with E-state index in [1.54, 1.807) is 0 Å². The van der Waals surface area contributed by atoms with Crippen LogP contribution in [0.2, 0.25) is 0 Å². The van der Waals surface area contributed by atoms with E-state index in [1.165, 1.54) is 4.31 Å². The van der Waals surface area contributed by atoms with Crippen LogP contribution in [0, 0.1) is 0 Å². The zero-order valence-corrected chi connectivity index (χ0v) is 6.77. The van der Waals surface area contributed by atoms with Crippen LogP contribution in [0.25, 0.3) is 0 Å². The fraction of sp³-hybridized carbons (Fsp3) is 1.00. The topological polar surface area (TPSA) is 43.4 Å². The first-order valence-corrected chi connectivity index (χ1v) is 3.98. The molecule has 0 amide bonds. The van der Waals surface area contributed by atoms with Gasteiger partial charge in [0.05, 0.1) is 0 Å². The Labute approximate surface area is 58.5 Å². The van der Waals surface area contributed by atoms with Crippen molar-refractivity contribution in [1.29, 1.82) is 0 Å². The molecule has 1 atom stereocenters. The molecule has 9 heavy (non-hydrogen) atoms. The first-order valence-electron chi connectivity index (χ1n) is 2.95. The average Bonchev–Trinajstić information content (AvgIpc) is 1.64.